The Kier molecular flexibility index (Phi) is 5.66. The topological polar surface area (TPSA) is 82.2 Å². The Morgan fingerprint density at radius 3 is 2.61 bits per heavy atom. The van der Waals surface area contributed by atoms with Gasteiger partial charge in [-0.3, -0.25) is 5.10 Å². The van der Waals surface area contributed by atoms with Crippen molar-refractivity contribution in [2.24, 2.45) is 0 Å². The van der Waals surface area contributed by atoms with E-state index < -0.39 is 17.5 Å². The molecule has 3 aliphatic heterocycles. The molecule has 3 atom stereocenters. The van der Waals surface area contributed by atoms with Crippen LogP contribution in [0.4, 0.5) is 19.0 Å². The second kappa shape index (κ2) is 9.09. The molecule has 7 rings (SSSR count). The van der Waals surface area contributed by atoms with Gasteiger partial charge in [0.1, 0.15) is 35.3 Å². The number of anilines is 1. The first-order valence-corrected chi connectivity index (χ1v) is 13.1. The van der Waals surface area contributed by atoms with E-state index in [0.29, 0.717) is 43.1 Å². The molecular formula is C27H28F3N7O. The van der Waals surface area contributed by atoms with E-state index >= 15 is 8.78 Å². The molecule has 2 N–H and O–H groups in total. The molecule has 11 heteroatoms. The van der Waals surface area contributed by atoms with Gasteiger partial charge in [-0.1, -0.05) is 0 Å². The van der Waals surface area contributed by atoms with Gasteiger partial charge < -0.3 is 19.9 Å². The first-order chi connectivity index (χ1) is 18.4. The highest BCUT2D eigenvalue weighted by molar-refractivity contribution is 5.98. The monoisotopic (exact) mass is 523 g/mol. The van der Waals surface area contributed by atoms with E-state index in [1.165, 1.54) is 24.3 Å². The second-order valence-corrected chi connectivity index (χ2v) is 10.7. The van der Waals surface area contributed by atoms with Crippen molar-refractivity contribution in [3.8, 4) is 17.3 Å². The SMILES string of the molecule is CN1CCC[C@H]1COc1nc(N2C[C@H]3CC[C@@H](C2)N3)c2cc(F)c(-c3n[nH]c4ccc(F)cc34)c(F)c2n1. The third-order valence-electron chi connectivity index (χ3n) is 8.20. The van der Waals surface area contributed by atoms with Crippen LogP contribution in [0.2, 0.25) is 0 Å². The van der Waals surface area contributed by atoms with E-state index in [1.807, 2.05) is 0 Å². The molecule has 0 radical (unpaired) electrons. The number of halogens is 3. The summed E-state index contributed by atoms with van der Waals surface area (Å²) in [6.45, 7) is 2.74. The minimum absolute atomic E-state index is 0.00757. The van der Waals surface area contributed by atoms with Gasteiger partial charge in [0.2, 0.25) is 0 Å². The van der Waals surface area contributed by atoms with Crippen LogP contribution >= 0.6 is 0 Å². The standard InChI is InChI=1S/C27H28F3N7O/c1-36-8-2-3-17(36)13-38-27-32-25-19(26(33-27)37-11-15-5-6-16(12-37)31-15)10-20(29)22(23(25)30)24-18-9-14(28)4-7-21(18)34-35-24/h4,7,9-10,15-17,31H,2-3,5-6,8,11-13H2,1H3,(H,34,35)/t15-,16+,17-/m0/s1. The number of fused-ring (bicyclic) bond motifs is 4. The van der Waals surface area contributed by atoms with Crippen LogP contribution in [0.1, 0.15) is 25.7 Å². The fourth-order valence-corrected chi connectivity index (χ4v) is 6.19. The number of hydrogen-bond donors (Lipinski definition) is 2. The molecule has 2 bridgehead atoms. The Morgan fingerprint density at radius 1 is 1.03 bits per heavy atom. The first kappa shape index (κ1) is 23.7. The lowest BCUT2D eigenvalue weighted by molar-refractivity contribution is 0.188. The van der Waals surface area contributed by atoms with Crippen LogP contribution in [0.15, 0.2) is 24.3 Å². The molecule has 0 amide bonds. The van der Waals surface area contributed by atoms with E-state index in [2.05, 4.69) is 42.3 Å². The Balaban J connectivity index is 1.37. The van der Waals surface area contributed by atoms with E-state index in [9.17, 15) is 4.39 Å². The molecule has 198 valence electrons. The zero-order valence-corrected chi connectivity index (χ0v) is 21.0. The minimum Gasteiger partial charge on any atom is -0.462 e. The highest BCUT2D eigenvalue weighted by Gasteiger charge is 2.35. The van der Waals surface area contributed by atoms with Gasteiger partial charge in [-0.05, 0) is 63.5 Å². The predicted octanol–water partition coefficient (Wildman–Crippen LogP) is 4.00. The van der Waals surface area contributed by atoms with Gasteiger partial charge in [0.25, 0.3) is 0 Å². The highest BCUT2D eigenvalue weighted by Crippen LogP contribution is 2.38. The lowest BCUT2D eigenvalue weighted by atomic mass is 10.0. The molecule has 0 saturated carbocycles. The third-order valence-corrected chi connectivity index (χ3v) is 8.20. The summed E-state index contributed by atoms with van der Waals surface area (Å²) < 4.78 is 52.0. The summed E-state index contributed by atoms with van der Waals surface area (Å²) in [5, 5.41) is 11.0. The molecule has 0 aliphatic carbocycles. The van der Waals surface area contributed by atoms with Crippen LogP contribution in [0.25, 0.3) is 33.1 Å². The molecule has 0 spiro atoms. The molecule has 5 heterocycles. The lowest BCUT2D eigenvalue weighted by Gasteiger charge is -2.34. The summed E-state index contributed by atoms with van der Waals surface area (Å²) in [6.07, 6.45) is 4.20. The molecule has 8 nitrogen and oxygen atoms in total. The molecule has 0 unspecified atom stereocenters. The summed E-state index contributed by atoms with van der Waals surface area (Å²) in [5.74, 6) is -1.74. The molecule has 2 aromatic carbocycles. The first-order valence-electron chi connectivity index (χ1n) is 13.1. The fraction of sp³-hybridized carbons (Fsp3) is 0.444. The van der Waals surface area contributed by atoms with Crippen molar-refractivity contribution in [2.45, 2.75) is 43.8 Å². The van der Waals surface area contributed by atoms with Crippen LogP contribution < -0.4 is 15.0 Å². The van der Waals surface area contributed by atoms with Crippen molar-refractivity contribution >= 4 is 27.6 Å². The number of likely N-dealkylation sites (N-methyl/N-ethyl adjacent to an activating group) is 1. The number of ether oxygens (including phenoxy) is 1. The number of hydrogen-bond acceptors (Lipinski definition) is 7. The van der Waals surface area contributed by atoms with Crippen molar-refractivity contribution in [1.29, 1.82) is 0 Å². The number of H-pyrrole nitrogens is 1. The molecular weight excluding hydrogens is 495 g/mol. The number of likely N-dealkylation sites (tertiary alicyclic amines) is 1. The second-order valence-electron chi connectivity index (χ2n) is 10.7. The summed E-state index contributed by atoms with van der Waals surface area (Å²) in [4.78, 5) is 13.4. The number of aromatic amines is 1. The van der Waals surface area contributed by atoms with Gasteiger partial charge >= 0.3 is 6.01 Å². The van der Waals surface area contributed by atoms with Crippen LogP contribution in [0.3, 0.4) is 0 Å². The van der Waals surface area contributed by atoms with Crippen LogP contribution in [-0.2, 0) is 0 Å². The Hall–Kier alpha value is -3.44. The van der Waals surface area contributed by atoms with Crippen molar-refractivity contribution in [3.05, 3.63) is 41.7 Å². The maximum Gasteiger partial charge on any atom is 0.319 e. The predicted molar refractivity (Wildman–Crippen MR) is 138 cm³/mol. The number of nitrogens with zero attached hydrogens (tertiary/aromatic N) is 5. The van der Waals surface area contributed by atoms with Crippen molar-refractivity contribution in [1.82, 2.24) is 30.4 Å². The Labute approximate surface area is 217 Å². The van der Waals surface area contributed by atoms with Gasteiger partial charge in [0, 0.05) is 42.0 Å². The third kappa shape index (κ3) is 3.95. The van der Waals surface area contributed by atoms with Gasteiger partial charge in [-0.2, -0.15) is 15.1 Å². The van der Waals surface area contributed by atoms with Gasteiger partial charge in [-0.15, -0.1) is 0 Å². The largest absolute Gasteiger partial charge is 0.462 e. The Morgan fingerprint density at radius 2 is 1.84 bits per heavy atom. The van der Waals surface area contributed by atoms with E-state index in [1.54, 1.807) is 0 Å². The molecule has 3 aliphatic rings. The molecule has 3 saturated heterocycles. The number of nitrogens with one attached hydrogen (secondary N) is 2. The zero-order valence-electron chi connectivity index (χ0n) is 21.0. The number of rotatable bonds is 5. The normalized spacial score (nSPS) is 23.7. The van der Waals surface area contributed by atoms with E-state index in [4.69, 9.17) is 4.74 Å². The summed E-state index contributed by atoms with van der Waals surface area (Å²) >= 11 is 0. The van der Waals surface area contributed by atoms with Crippen molar-refractivity contribution in [2.75, 3.05) is 38.2 Å². The molecule has 2 aromatic heterocycles. The zero-order chi connectivity index (χ0) is 26.0. The van der Waals surface area contributed by atoms with Crippen molar-refractivity contribution in [3.63, 3.8) is 0 Å². The average molecular weight is 524 g/mol. The maximum absolute atomic E-state index is 16.2. The summed E-state index contributed by atoms with van der Waals surface area (Å²) in [6, 6.07) is 6.13. The van der Waals surface area contributed by atoms with Crippen LogP contribution in [0.5, 0.6) is 6.01 Å². The van der Waals surface area contributed by atoms with Crippen molar-refractivity contribution < 1.29 is 17.9 Å². The molecule has 4 aromatic rings. The lowest BCUT2D eigenvalue weighted by Crippen LogP contribution is -2.51. The summed E-state index contributed by atoms with van der Waals surface area (Å²) in [7, 11) is 2.05. The van der Waals surface area contributed by atoms with Crippen LogP contribution in [-0.4, -0.2) is 76.5 Å². The van der Waals surface area contributed by atoms with Gasteiger partial charge in [-0.25, -0.2) is 13.2 Å². The Bertz CT molecular complexity index is 1530. The molecule has 38 heavy (non-hydrogen) atoms. The van der Waals surface area contributed by atoms with E-state index in [-0.39, 0.29) is 39.6 Å². The fourth-order valence-electron chi connectivity index (χ4n) is 6.19. The van der Waals surface area contributed by atoms with Gasteiger partial charge in [0.05, 0.1) is 11.1 Å². The van der Waals surface area contributed by atoms with Gasteiger partial charge in [0.15, 0.2) is 5.82 Å². The molecule has 3 fully saturated rings. The smallest absolute Gasteiger partial charge is 0.319 e. The average Bonchev–Trinajstić information content (AvgIpc) is 3.60. The minimum atomic E-state index is -0.873. The highest BCUT2D eigenvalue weighted by atomic mass is 19.1. The van der Waals surface area contributed by atoms with E-state index in [0.717, 1.165) is 32.2 Å². The summed E-state index contributed by atoms with van der Waals surface area (Å²) in [5.41, 5.74) is 0.0666. The van der Waals surface area contributed by atoms with Crippen LogP contribution in [0, 0.1) is 17.5 Å². The maximum atomic E-state index is 16.2. The number of benzene rings is 2. The number of aromatic nitrogens is 4. The quantitative estimate of drug-likeness (QED) is 0.409. The number of piperazine rings is 1.